The van der Waals surface area contributed by atoms with Crippen molar-refractivity contribution in [1.82, 2.24) is 14.7 Å². The lowest BCUT2D eigenvalue weighted by molar-refractivity contribution is -0.125. The minimum Gasteiger partial charge on any atom is -0.359 e. The van der Waals surface area contributed by atoms with Crippen molar-refractivity contribution in [1.29, 1.82) is 0 Å². The highest BCUT2D eigenvalue weighted by atomic mass is 16.1. The molecule has 4 rings (SSSR count). The zero-order valence-corrected chi connectivity index (χ0v) is 13.2. The topological polar surface area (TPSA) is 49.6 Å². The number of carbonyl (C=O) groups excluding carboxylic acids is 1. The molecule has 118 valence electrons. The second-order valence-corrected chi connectivity index (χ2v) is 6.06. The van der Waals surface area contributed by atoms with E-state index in [1.54, 1.807) is 7.05 Å². The predicted molar refractivity (Wildman–Crippen MR) is 91.7 cm³/mol. The number of hydrogen-bond donors (Lipinski definition) is 1. The second kappa shape index (κ2) is 5.57. The van der Waals surface area contributed by atoms with Crippen LogP contribution in [0.5, 0.6) is 0 Å². The number of fused-ring (bicyclic) bond motifs is 3. The summed E-state index contributed by atoms with van der Waals surface area (Å²) in [7, 11) is 1.71. The maximum atomic E-state index is 11.8. The Morgan fingerprint density at radius 1 is 1.13 bits per heavy atom. The molecule has 0 spiro atoms. The van der Waals surface area contributed by atoms with Crippen molar-refractivity contribution in [3.8, 4) is 0 Å². The van der Waals surface area contributed by atoms with Gasteiger partial charge in [0.2, 0.25) is 5.91 Å². The summed E-state index contributed by atoms with van der Waals surface area (Å²) in [6, 6.07) is 12.4. The second-order valence-electron chi connectivity index (χ2n) is 6.06. The fourth-order valence-corrected chi connectivity index (χ4v) is 3.50. The lowest BCUT2D eigenvalue weighted by Gasteiger charge is -2.32. The Morgan fingerprint density at radius 3 is 2.65 bits per heavy atom. The Morgan fingerprint density at radius 2 is 1.87 bits per heavy atom. The molecule has 0 bridgehead atoms. The van der Waals surface area contributed by atoms with Crippen molar-refractivity contribution in [2.45, 2.75) is 12.8 Å². The van der Waals surface area contributed by atoms with E-state index >= 15 is 0 Å². The van der Waals surface area contributed by atoms with E-state index in [0.29, 0.717) is 0 Å². The number of piperidine rings is 1. The van der Waals surface area contributed by atoms with Gasteiger partial charge in [0.15, 0.2) is 5.82 Å². The minimum atomic E-state index is 0.125. The fourth-order valence-electron chi connectivity index (χ4n) is 3.50. The molecule has 5 nitrogen and oxygen atoms in total. The van der Waals surface area contributed by atoms with Gasteiger partial charge in [0, 0.05) is 32.3 Å². The van der Waals surface area contributed by atoms with E-state index in [9.17, 15) is 4.79 Å². The van der Waals surface area contributed by atoms with E-state index in [4.69, 9.17) is 4.98 Å². The van der Waals surface area contributed by atoms with Gasteiger partial charge < -0.3 is 14.6 Å². The van der Waals surface area contributed by atoms with E-state index in [1.807, 2.05) is 12.1 Å². The summed E-state index contributed by atoms with van der Waals surface area (Å²) in [5, 5.41) is 2.76. The molecule has 1 aliphatic rings. The summed E-state index contributed by atoms with van der Waals surface area (Å²) in [6.45, 7) is 1.73. The molecule has 1 amide bonds. The SMILES string of the molecule is CNC(=O)C1CCN(c2nc3ccccc3n3cccc23)CC1. The van der Waals surface area contributed by atoms with Gasteiger partial charge in [0.1, 0.15) is 0 Å². The molecule has 1 aromatic carbocycles. The predicted octanol–water partition coefficient (Wildman–Crippen LogP) is 2.45. The van der Waals surface area contributed by atoms with Crippen LogP contribution in [0.25, 0.3) is 16.6 Å². The molecule has 1 saturated heterocycles. The molecule has 3 heterocycles. The minimum absolute atomic E-state index is 0.125. The first kappa shape index (κ1) is 14.1. The summed E-state index contributed by atoms with van der Waals surface area (Å²) >= 11 is 0. The number of amides is 1. The first-order valence-electron chi connectivity index (χ1n) is 8.10. The number of anilines is 1. The smallest absolute Gasteiger partial charge is 0.222 e. The van der Waals surface area contributed by atoms with Gasteiger partial charge in [0.25, 0.3) is 0 Å². The third kappa shape index (κ3) is 2.32. The van der Waals surface area contributed by atoms with Crippen LogP contribution in [0.2, 0.25) is 0 Å². The van der Waals surface area contributed by atoms with Crippen LogP contribution >= 0.6 is 0 Å². The number of nitrogens with one attached hydrogen (secondary N) is 1. The largest absolute Gasteiger partial charge is 0.359 e. The van der Waals surface area contributed by atoms with Crippen molar-refractivity contribution in [3.05, 3.63) is 42.6 Å². The number of para-hydroxylation sites is 2. The molecule has 2 aromatic heterocycles. The highest BCUT2D eigenvalue weighted by Crippen LogP contribution is 2.28. The van der Waals surface area contributed by atoms with E-state index in [0.717, 1.165) is 48.3 Å². The van der Waals surface area contributed by atoms with Gasteiger partial charge in [-0.05, 0) is 37.1 Å². The van der Waals surface area contributed by atoms with E-state index in [2.05, 4.69) is 45.1 Å². The average molecular weight is 308 g/mol. The third-order valence-electron chi connectivity index (χ3n) is 4.76. The van der Waals surface area contributed by atoms with Crippen LogP contribution in [0, 0.1) is 5.92 Å². The van der Waals surface area contributed by atoms with Gasteiger partial charge >= 0.3 is 0 Å². The molecule has 0 atom stereocenters. The van der Waals surface area contributed by atoms with Gasteiger partial charge in [-0.3, -0.25) is 4.79 Å². The van der Waals surface area contributed by atoms with Crippen LogP contribution in [0.3, 0.4) is 0 Å². The highest BCUT2D eigenvalue weighted by molar-refractivity contribution is 5.85. The first-order valence-corrected chi connectivity index (χ1v) is 8.10. The van der Waals surface area contributed by atoms with Crippen molar-refractivity contribution >= 4 is 28.3 Å². The summed E-state index contributed by atoms with van der Waals surface area (Å²) < 4.78 is 2.20. The summed E-state index contributed by atoms with van der Waals surface area (Å²) in [4.78, 5) is 19.0. The molecule has 0 saturated carbocycles. The molecule has 0 radical (unpaired) electrons. The normalized spacial score (nSPS) is 16.1. The molecule has 1 N–H and O–H groups in total. The van der Waals surface area contributed by atoms with Gasteiger partial charge in [-0.1, -0.05) is 12.1 Å². The lowest BCUT2D eigenvalue weighted by atomic mass is 9.96. The molecule has 1 aliphatic heterocycles. The first-order chi connectivity index (χ1) is 11.3. The number of nitrogens with zero attached hydrogens (tertiary/aromatic N) is 3. The Hall–Kier alpha value is -2.56. The lowest BCUT2D eigenvalue weighted by Crippen LogP contribution is -2.40. The van der Waals surface area contributed by atoms with Crippen molar-refractivity contribution < 1.29 is 4.79 Å². The maximum absolute atomic E-state index is 11.8. The van der Waals surface area contributed by atoms with Crippen LogP contribution in [0.4, 0.5) is 5.82 Å². The summed E-state index contributed by atoms with van der Waals surface area (Å²) in [6.07, 6.45) is 3.84. The fraction of sp³-hybridized carbons (Fsp3) is 0.333. The molecule has 1 fully saturated rings. The van der Waals surface area contributed by atoms with Crippen LogP contribution in [-0.4, -0.2) is 35.4 Å². The zero-order chi connectivity index (χ0) is 15.8. The van der Waals surface area contributed by atoms with Crippen molar-refractivity contribution in [3.63, 3.8) is 0 Å². The number of rotatable bonds is 2. The molecular formula is C18H20N4O. The quantitative estimate of drug-likeness (QED) is 0.791. The van der Waals surface area contributed by atoms with Crippen LogP contribution < -0.4 is 10.2 Å². The standard InChI is InChI=1S/C18H20N4O/c1-19-18(23)13-8-11-21(12-9-13)17-16-7-4-10-22(16)15-6-3-2-5-14(15)20-17/h2-7,10,13H,8-9,11-12H2,1H3,(H,19,23). The van der Waals surface area contributed by atoms with Crippen LogP contribution in [0.15, 0.2) is 42.6 Å². The Balaban J connectivity index is 1.71. The van der Waals surface area contributed by atoms with Gasteiger partial charge in [-0.15, -0.1) is 0 Å². The maximum Gasteiger partial charge on any atom is 0.222 e. The zero-order valence-electron chi connectivity index (χ0n) is 13.2. The van der Waals surface area contributed by atoms with Gasteiger partial charge in [-0.2, -0.15) is 0 Å². The van der Waals surface area contributed by atoms with E-state index in [-0.39, 0.29) is 11.8 Å². The Kier molecular flexibility index (Phi) is 3.41. The molecule has 23 heavy (non-hydrogen) atoms. The van der Waals surface area contributed by atoms with E-state index < -0.39 is 0 Å². The average Bonchev–Trinajstić information content (AvgIpc) is 3.10. The Bertz CT molecular complexity index is 862. The van der Waals surface area contributed by atoms with Gasteiger partial charge in [0.05, 0.1) is 16.6 Å². The monoisotopic (exact) mass is 308 g/mol. The van der Waals surface area contributed by atoms with Crippen LogP contribution in [0.1, 0.15) is 12.8 Å². The number of aromatic nitrogens is 2. The highest BCUT2D eigenvalue weighted by Gasteiger charge is 2.26. The summed E-state index contributed by atoms with van der Waals surface area (Å²) in [5.74, 6) is 1.30. The van der Waals surface area contributed by atoms with Gasteiger partial charge in [-0.25, -0.2) is 4.98 Å². The third-order valence-corrected chi connectivity index (χ3v) is 4.76. The molecule has 0 unspecified atom stereocenters. The molecule has 5 heteroatoms. The molecule has 3 aromatic rings. The van der Waals surface area contributed by atoms with Crippen LogP contribution in [-0.2, 0) is 4.79 Å². The number of hydrogen-bond acceptors (Lipinski definition) is 3. The number of benzene rings is 1. The summed E-state index contributed by atoms with van der Waals surface area (Å²) in [5.41, 5.74) is 3.25. The Labute approximate surface area is 134 Å². The molecule has 0 aliphatic carbocycles. The van der Waals surface area contributed by atoms with E-state index in [1.165, 1.54) is 0 Å². The van der Waals surface area contributed by atoms with Crippen molar-refractivity contribution in [2.75, 3.05) is 25.0 Å². The molecular weight excluding hydrogens is 288 g/mol. The van der Waals surface area contributed by atoms with Crippen molar-refractivity contribution in [2.24, 2.45) is 5.92 Å². The number of carbonyl (C=O) groups is 1.